The van der Waals surface area contributed by atoms with Crippen LogP contribution in [0.3, 0.4) is 0 Å². The van der Waals surface area contributed by atoms with Crippen LogP contribution in [0.4, 0.5) is 4.39 Å². The Morgan fingerprint density at radius 1 is 1.19 bits per heavy atom. The Labute approximate surface area is 127 Å². The molecule has 0 aliphatic carbocycles. The second kappa shape index (κ2) is 7.59. The van der Waals surface area contributed by atoms with E-state index in [-0.39, 0.29) is 18.1 Å². The standard InChI is InChI=1S/C16H15FN2OS/c1-21-15-8-4-13(5-9-15)11-18-19-16(20)10-12-2-6-14(17)7-3-12/h2-9,11H,10H2,1H3,(H,19,20)/b18-11+. The average Bonchev–Trinajstić information content (AvgIpc) is 2.50. The molecule has 5 heteroatoms. The summed E-state index contributed by atoms with van der Waals surface area (Å²) in [5.74, 6) is -0.551. The van der Waals surface area contributed by atoms with Gasteiger partial charge in [-0.2, -0.15) is 5.10 Å². The second-order valence-corrected chi connectivity index (χ2v) is 5.25. The number of hydrogen-bond donors (Lipinski definition) is 1. The van der Waals surface area contributed by atoms with Crippen LogP contribution in [-0.2, 0) is 11.2 Å². The maximum absolute atomic E-state index is 12.7. The Morgan fingerprint density at radius 2 is 1.86 bits per heavy atom. The number of thioether (sulfide) groups is 1. The number of carbonyl (C=O) groups excluding carboxylic acids is 1. The summed E-state index contributed by atoms with van der Waals surface area (Å²) in [6, 6.07) is 13.7. The highest BCUT2D eigenvalue weighted by Gasteiger charge is 2.02. The van der Waals surface area contributed by atoms with Crippen molar-refractivity contribution in [2.45, 2.75) is 11.3 Å². The van der Waals surface area contributed by atoms with Gasteiger partial charge in [-0.3, -0.25) is 4.79 Å². The van der Waals surface area contributed by atoms with E-state index >= 15 is 0 Å². The van der Waals surface area contributed by atoms with Gasteiger partial charge in [-0.05, 0) is 41.6 Å². The molecule has 0 saturated carbocycles. The third-order valence-electron chi connectivity index (χ3n) is 2.80. The Kier molecular flexibility index (Phi) is 5.51. The van der Waals surface area contributed by atoms with Crippen molar-refractivity contribution in [2.24, 2.45) is 5.10 Å². The number of rotatable bonds is 5. The Balaban J connectivity index is 1.85. The van der Waals surface area contributed by atoms with E-state index < -0.39 is 0 Å². The van der Waals surface area contributed by atoms with Gasteiger partial charge in [-0.15, -0.1) is 11.8 Å². The number of halogens is 1. The lowest BCUT2D eigenvalue weighted by molar-refractivity contribution is -0.120. The Hall–Kier alpha value is -2.14. The molecule has 2 aromatic rings. The number of hydrogen-bond acceptors (Lipinski definition) is 3. The van der Waals surface area contributed by atoms with Crippen molar-refractivity contribution in [1.29, 1.82) is 0 Å². The minimum Gasteiger partial charge on any atom is -0.273 e. The van der Waals surface area contributed by atoms with E-state index in [0.717, 1.165) is 11.1 Å². The summed E-state index contributed by atoms with van der Waals surface area (Å²) in [5.41, 5.74) is 4.11. The zero-order valence-corrected chi connectivity index (χ0v) is 12.4. The smallest absolute Gasteiger partial charge is 0.244 e. The highest BCUT2D eigenvalue weighted by molar-refractivity contribution is 7.98. The molecule has 0 fully saturated rings. The van der Waals surface area contributed by atoms with Crippen LogP contribution in [0.15, 0.2) is 58.5 Å². The van der Waals surface area contributed by atoms with E-state index in [9.17, 15) is 9.18 Å². The zero-order valence-electron chi connectivity index (χ0n) is 11.5. The van der Waals surface area contributed by atoms with Gasteiger partial charge in [-0.25, -0.2) is 9.82 Å². The molecule has 0 atom stereocenters. The van der Waals surface area contributed by atoms with Crippen LogP contribution in [0.5, 0.6) is 0 Å². The van der Waals surface area contributed by atoms with Gasteiger partial charge in [0.25, 0.3) is 0 Å². The lowest BCUT2D eigenvalue weighted by atomic mass is 10.1. The van der Waals surface area contributed by atoms with Crippen LogP contribution in [0.2, 0.25) is 0 Å². The first-order valence-corrected chi connectivity index (χ1v) is 7.60. The molecule has 108 valence electrons. The Bertz CT molecular complexity index is 624. The molecule has 2 aromatic carbocycles. The third-order valence-corrected chi connectivity index (χ3v) is 3.54. The molecule has 1 amide bonds. The maximum Gasteiger partial charge on any atom is 0.244 e. The Morgan fingerprint density at radius 3 is 2.48 bits per heavy atom. The van der Waals surface area contributed by atoms with Crippen molar-refractivity contribution in [3.8, 4) is 0 Å². The summed E-state index contributed by atoms with van der Waals surface area (Å²) in [6.07, 6.45) is 3.77. The van der Waals surface area contributed by atoms with Crippen molar-refractivity contribution in [1.82, 2.24) is 5.43 Å². The number of hydrazone groups is 1. The minimum absolute atomic E-state index is 0.170. The highest BCUT2D eigenvalue weighted by Crippen LogP contribution is 2.13. The number of nitrogens with one attached hydrogen (secondary N) is 1. The second-order valence-electron chi connectivity index (χ2n) is 4.37. The fourth-order valence-electron chi connectivity index (χ4n) is 1.70. The molecule has 0 spiro atoms. The summed E-state index contributed by atoms with van der Waals surface area (Å²) < 4.78 is 12.7. The summed E-state index contributed by atoms with van der Waals surface area (Å²) >= 11 is 1.67. The van der Waals surface area contributed by atoms with E-state index in [4.69, 9.17) is 0 Å². The maximum atomic E-state index is 12.7. The topological polar surface area (TPSA) is 41.5 Å². The first kappa shape index (κ1) is 15.3. The van der Waals surface area contributed by atoms with Crippen LogP contribution >= 0.6 is 11.8 Å². The highest BCUT2D eigenvalue weighted by atomic mass is 32.2. The molecule has 0 saturated heterocycles. The van der Waals surface area contributed by atoms with Crippen LogP contribution in [0.25, 0.3) is 0 Å². The number of amides is 1. The molecule has 0 aliphatic rings. The molecule has 0 heterocycles. The van der Waals surface area contributed by atoms with Gasteiger partial charge in [0.2, 0.25) is 5.91 Å². The molecule has 0 bridgehead atoms. The molecular weight excluding hydrogens is 287 g/mol. The van der Waals surface area contributed by atoms with Crippen molar-refractivity contribution >= 4 is 23.9 Å². The molecule has 0 aliphatic heterocycles. The average molecular weight is 302 g/mol. The van der Waals surface area contributed by atoms with Crippen LogP contribution in [-0.4, -0.2) is 18.4 Å². The number of carbonyl (C=O) groups is 1. The van der Waals surface area contributed by atoms with Gasteiger partial charge in [0.1, 0.15) is 5.82 Å². The molecule has 2 rings (SSSR count). The van der Waals surface area contributed by atoms with Gasteiger partial charge in [-0.1, -0.05) is 24.3 Å². The van der Waals surface area contributed by atoms with E-state index in [2.05, 4.69) is 10.5 Å². The molecule has 1 N–H and O–H groups in total. The fraction of sp³-hybridized carbons (Fsp3) is 0.125. The third kappa shape index (κ3) is 5.04. The minimum atomic E-state index is -0.314. The molecule has 0 aromatic heterocycles. The van der Waals surface area contributed by atoms with E-state index in [0.29, 0.717) is 0 Å². The lowest BCUT2D eigenvalue weighted by Gasteiger charge is -2.00. The molecule has 3 nitrogen and oxygen atoms in total. The number of benzene rings is 2. The predicted octanol–water partition coefficient (Wildman–Crippen LogP) is 3.24. The van der Waals surface area contributed by atoms with Gasteiger partial charge < -0.3 is 0 Å². The fourth-order valence-corrected chi connectivity index (χ4v) is 2.10. The SMILES string of the molecule is CSc1ccc(/C=N/NC(=O)Cc2ccc(F)cc2)cc1. The summed E-state index contributed by atoms with van der Waals surface area (Å²) in [4.78, 5) is 12.8. The summed E-state index contributed by atoms with van der Waals surface area (Å²) in [7, 11) is 0. The van der Waals surface area contributed by atoms with Crippen LogP contribution in [0, 0.1) is 5.82 Å². The first-order chi connectivity index (χ1) is 10.2. The summed E-state index contributed by atoms with van der Waals surface area (Å²) in [6.45, 7) is 0. The monoisotopic (exact) mass is 302 g/mol. The van der Waals surface area contributed by atoms with E-state index in [1.165, 1.54) is 17.0 Å². The van der Waals surface area contributed by atoms with Crippen molar-refractivity contribution in [3.05, 3.63) is 65.5 Å². The van der Waals surface area contributed by atoms with Gasteiger partial charge in [0, 0.05) is 4.90 Å². The van der Waals surface area contributed by atoms with Gasteiger partial charge >= 0.3 is 0 Å². The first-order valence-electron chi connectivity index (χ1n) is 6.38. The number of nitrogens with zero attached hydrogens (tertiary/aromatic N) is 1. The molecule has 0 radical (unpaired) electrons. The van der Waals surface area contributed by atoms with E-state index in [1.807, 2.05) is 30.5 Å². The normalized spacial score (nSPS) is 10.8. The predicted molar refractivity (Wildman–Crippen MR) is 84.1 cm³/mol. The van der Waals surface area contributed by atoms with Crippen LogP contribution in [0.1, 0.15) is 11.1 Å². The summed E-state index contributed by atoms with van der Waals surface area (Å²) in [5, 5.41) is 3.91. The van der Waals surface area contributed by atoms with Crippen molar-refractivity contribution in [2.75, 3.05) is 6.26 Å². The zero-order chi connectivity index (χ0) is 15.1. The quantitative estimate of drug-likeness (QED) is 0.523. The molecule has 21 heavy (non-hydrogen) atoms. The molecule has 0 unspecified atom stereocenters. The molecular formula is C16H15FN2OS. The van der Waals surface area contributed by atoms with Crippen molar-refractivity contribution < 1.29 is 9.18 Å². The van der Waals surface area contributed by atoms with Gasteiger partial charge in [0.05, 0.1) is 12.6 Å². The van der Waals surface area contributed by atoms with Crippen molar-refractivity contribution in [3.63, 3.8) is 0 Å². The van der Waals surface area contributed by atoms with Crippen LogP contribution < -0.4 is 5.43 Å². The van der Waals surface area contributed by atoms with Gasteiger partial charge in [0.15, 0.2) is 0 Å². The largest absolute Gasteiger partial charge is 0.273 e. The lowest BCUT2D eigenvalue weighted by Crippen LogP contribution is -2.19. The van der Waals surface area contributed by atoms with E-state index in [1.54, 1.807) is 30.1 Å².